The monoisotopic (exact) mass is 583 g/mol. The number of carbonyl (C=O) groups is 1. The number of rotatable bonds is 10. The number of sulfonamides is 1. The standard InChI is InChI=1S/C27H31N7O6S.H2/c1-5-40-22-11-6-8-18(29-22)26-31-25-27(34(26)24-19(38-3)9-7-10-20(24)39-4)30-21(15-28-25)32-41(36,37)16-17-12-13-33(2)23(35)14-17;/h6-11,15,17H,5,12-14,16H2,1-4H3,(H,30,32);1H/t17-;/m0./s1. The van der Waals surface area contributed by atoms with Crippen LogP contribution < -0.4 is 18.9 Å². The predicted octanol–water partition coefficient (Wildman–Crippen LogP) is 3.15. The number of hydrogen-bond acceptors (Lipinski definition) is 10. The minimum absolute atomic E-state index is 0. The molecule has 0 radical (unpaired) electrons. The average molecular weight is 584 g/mol. The molecule has 1 aliphatic rings. The molecule has 5 rings (SSSR count). The molecule has 1 fully saturated rings. The number of para-hydroxylation sites is 1. The normalized spacial score (nSPS) is 15.7. The molecule has 0 aliphatic carbocycles. The van der Waals surface area contributed by atoms with E-state index in [2.05, 4.69) is 19.7 Å². The van der Waals surface area contributed by atoms with Gasteiger partial charge in [-0.25, -0.2) is 28.4 Å². The second kappa shape index (κ2) is 11.6. The van der Waals surface area contributed by atoms with E-state index >= 15 is 0 Å². The van der Waals surface area contributed by atoms with Crippen LogP contribution >= 0.6 is 0 Å². The zero-order valence-electron chi connectivity index (χ0n) is 23.2. The third-order valence-corrected chi connectivity index (χ3v) is 8.15. The van der Waals surface area contributed by atoms with Crippen molar-refractivity contribution in [2.24, 2.45) is 5.92 Å². The number of likely N-dealkylation sites (tertiary alicyclic amines) is 1. The fourth-order valence-electron chi connectivity index (χ4n) is 4.76. The van der Waals surface area contributed by atoms with Crippen LogP contribution in [0.4, 0.5) is 5.82 Å². The minimum atomic E-state index is -3.84. The number of nitrogens with one attached hydrogen (secondary N) is 1. The first-order valence-corrected chi connectivity index (χ1v) is 14.7. The molecule has 1 atom stereocenters. The molecule has 41 heavy (non-hydrogen) atoms. The number of piperidine rings is 1. The molecule has 3 aromatic heterocycles. The third-order valence-electron chi connectivity index (χ3n) is 6.72. The highest BCUT2D eigenvalue weighted by Gasteiger charge is 2.29. The van der Waals surface area contributed by atoms with E-state index in [1.807, 2.05) is 6.92 Å². The van der Waals surface area contributed by atoms with Crippen LogP contribution in [-0.2, 0) is 14.8 Å². The smallest absolute Gasteiger partial charge is 0.234 e. The second-order valence-corrected chi connectivity index (χ2v) is 11.3. The van der Waals surface area contributed by atoms with Crippen molar-refractivity contribution in [1.82, 2.24) is 29.4 Å². The van der Waals surface area contributed by atoms with Crippen LogP contribution in [0.25, 0.3) is 28.5 Å². The van der Waals surface area contributed by atoms with Crippen molar-refractivity contribution < 1.29 is 28.8 Å². The molecule has 14 heteroatoms. The van der Waals surface area contributed by atoms with Crippen molar-refractivity contribution in [3.63, 3.8) is 0 Å². The lowest BCUT2D eigenvalue weighted by Crippen LogP contribution is -2.38. The molecule has 1 aliphatic heterocycles. The SMILES string of the molecule is CCOc1cccc(-c2nc3ncc(NS(=O)(=O)C[C@H]4CCN(C)C(=O)C4)nc3n2-c2c(OC)cccc2OC)n1.[HH]. The molecule has 1 aromatic carbocycles. The number of carbonyl (C=O) groups excluding carboxylic acids is 1. The van der Waals surface area contributed by atoms with Gasteiger partial charge < -0.3 is 19.1 Å². The summed E-state index contributed by atoms with van der Waals surface area (Å²) in [4.78, 5) is 32.0. The average Bonchev–Trinajstić information content (AvgIpc) is 3.33. The molecule has 218 valence electrons. The van der Waals surface area contributed by atoms with Gasteiger partial charge in [-0.2, -0.15) is 0 Å². The number of nitrogens with zero attached hydrogens (tertiary/aromatic N) is 6. The Hall–Kier alpha value is -4.46. The van der Waals surface area contributed by atoms with Gasteiger partial charge in [0.25, 0.3) is 0 Å². The number of pyridine rings is 1. The molecule has 0 bridgehead atoms. The maximum atomic E-state index is 13.1. The lowest BCUT2D eigenvalue weighted by Gasteiger charge is -2.28. The van der Waals surface area contributed by atoms with Gasteiger partial charge in [0, 0.05) is 27.5 Å². The molecular weight excluding hydrogens is 550 g/mol. The van der Waals surface area contributed by atoms with Gasteiger partial charge in [0.05, 0.1) is 32.8 Å². The van der Waals surface area contributed by atoms with Gasteiger partial charge >= 0.3 is 0 Å². The fraction of sp³-hybridized carbons (Fsp3) is 0.370. The van der Waals surface area contributed by atoms with E-state index in [9.17, 15) is 13.2 Å². The summed E-state index contributed by atoms with van der Waals surface area (Å²) < 4.78 is 47.3. The van der Waals surface area contributed by atoms with Gasteiger partial charge in [-0.1, -0.05) is 12.1 Å². The quantitative estimate of drug-likeness (QED) is 0.295. The molecule has 1 amide bonds. The highest BCUT2D eigenvalue weighted by atomic mass is 32.2. The van der Waals surface area contributed by atoms with Crippen molar-refractivity contribution in [1.29, 1.82) is 0 Å². The first-order chi connectivity index (χ1) is 19.7. The molecule has 4 aromatic rings. The first kappa shape index (κ1) is 28.1. The summed E-state index contributed by atoms with van der Waals surface area (Å²) in [5.41, 5.74) is 1.46. The van der Waals surface area contributed by atoms with Crippen LogP contribution in [0.2, 0.25) is 0 Å². The summed E-state index contributed by atoms with van der Waals surface area (Å²) in [6, 6.07) is 10.6. The van der Waals surface area contributed by atoms with Crippen molar-refractivity contribution in [3.8, 4) is 34.6 Å². The second-order valence-electron chi connectivity index (χ2n) is 9.54. The number of hydrogen-bond donors (Lipinski definition) is 1. The Balaban J connectivity index is 0.00000405. The number of aromatic nitrogens is 5. The first-order valence-electron chi connectivity index (χ1n) is 13.0. The fourth-order valence-corrected chi connectivity index (χ4v) is 6.17. The van der Waals surface area contributed by atoms with E-state index in [0.29, 0.717) is 54.2 Å². The van der Waals surface area contributed by atoms with Gasteiger partial charge in [-0.05, 0) is 37.5 Å². The van der Waals surface area contributed by atoms with E-state index in [1.54, 1.807) is 52.9 Å². The lowest BCUT2D eigenvalue weighted by atomic mass is 9.99. The summed E-state index contributed by atoms with van der Waals surface area (Å²) in [5.74, 6) is 1.16. The Morgan fingerprint density at radius 2 is 1.80 bits per heavy atom. The molecular formula is C27H33N7O6S. The number of ether oxygens (including phenoxy) is 3. The largest absolute Gasteiger partial charge is 0.494 e. The van der Waals surface area contributed by atoms with Crippen LogP contribution in [0.3, 0.4) is 0 Å². The highest BCUT2D eigenvalue weighted by molar-refractivity contribution is 7.92. The van der Waals surface area contributed by atoms with Gasteiger partial charge in [0.15, 0.2) is 22.9 Å². The Morgan fingerprint density at radius 3 is 2.49 bits per heavy atom. The van der Waals surface area contributed by atoms with Crippen LogP contribution in [0, 0.1) is 5.92 Å². The van der Waals surface area contributed by atoms with Crippen molar-refractivity contribution in [2.75, 3.05) is 44.9 Å². The van der Waals surface area contributed by atoms with E-state index in [1.165, 1.54) is 20.4 Å². The summed E-state index contributed by atoms with van der Waals surface area (Å²) in [6.07, 6.45) is 2.09. The molecule has 13 nitrogen and oxygen atoms in total. The Morgan fingerprint density at radius 1 is 1.07 bits per heavy atom. The highest BCUT2D eigenvalue weighted by Crippen LogP contribution is 2.38. The topological polar surface area (TPSA) is 151 Å². The molecule has 1 N–H and O–H groups in total. The van der Waals surface area contributed by atoms with E-state index in [0.717, 1.165) is 0 Å². The van der Waals surface area contributed by atoms with Gasteiger partial charge in [-0.15, -0.1) is 0 Å². The summed E-state index contributed by atoms with van der Waals surface area (Å²) in [6.45, 7) is 2.82. The van der Waals surface area contributed by atoms with Crippen molar-refractivity contribution >= 4 is 33.0 Å². The van der Waals surface area contributed by atoms with Crippen LogP contribution in [-0.4, -0.2) is 83.9 Å². The molecule has 0 saturated carbocycles. The van der Waals surface area contributed by atoms with Crippen LogP contribution in [0.15, 0.2) is 42.6 Å². The Bertz CT molecular complexity index is 1680. The van der Waals surface area contributed by atoms with Crippen molar-refractivity contribution in [2.45, 2.75) is 19.8 Å². The Labute approximate surface area is 239 Å². The number of imidazole rings is 1. The molecule has 0 unspecified atom stereocenters. The summed E-state index contributed by atoms with van der Waals surface area (Å²) in [5, 5.41) is 0. The van der Waals surface area contributed by atoms with E-state index < -0.39 is 10.0 Å². The maximum absolute atomic E-state index is 13.1. The van der Waals surface area contributed by atoms with E-state index in [-0.39, 0.29) is 42.5 Å². The van der Waals surface area contributed by atoms with Crippen LogP contribution in [0.1, 0.15) is 21.2 Å². The number of fused-ring (bicyclic) bond motifs is 1. The summed E-state index contributed by atoms with van der Waals surface area (Å²) >= 11 is 0. The Kier molecular flexibility index (Phi) is 7.92. The van der Waals surface area contributed by atoms with Crippen LogP contribution in [0.5, 0.6) is 17.4 Å². The zero-order valence-corrected chi connectivity index (χ0v) is 24.0. The number of anilines is 1. The maximum Gasteiger partial charge on any atom is 0.234 e. The van der Waals surface area contributed by atoms with E-state index in [4.69, 9.17) is 19.2 Å². The van der Waals surface area contributed by atoms with Gasteiger partial charge in [-0.3, -0.25) is 14.1 Å². The summed E-state index contributed by atoms with van der Waals surface area (Å²) in [7, 11) is 0.943. The zero-order chi connectivity index (χ0) is 29.1. The number of benzene rings is 1. The van der Waals surface area contributed by atoms with Crippen molar-refractivity contribution in [3.05, 3.63) is 42.6 Å². The minimum Gasteiger partial charge on any atom is -0.494 e. The molecule has 4 heterocycles. The number of amides is 1. The van der Waals surface area contributed by atoms with Gasteiger partial charge in [0.1, 0.15) is 22.9 Å². The lowest BCUT2D eigenvalue weighted by molar-refractivity contribution is -0.133. The molecule has 1 saturated heterocycles. The number of methoxy groups -OCH3 is 2. The third kappa shape index (κ3) is 5.87. The predicted molar refractivity (Wildman–Crippen MR) is 154 cm³/mol. The molecule has 0 spiro atoms. The van der Waals surface area contributed by atoms with Gasteiger partial charge in [0.2, 0.25) is 21.8 Å².